The first-order valence-electron chi connectivity index (χ1n) is 8.47. The maximum absolute atomic E-state index is 13.1. The van der Waals surface area contributed by atoms with Crippen LogP contribution in [0.5, 0.6) is 5.75 Å². The van der Waals surface area contributed by atoms with Gasteiger partial charge in [-0.3, -0.25) is 9.48 Å². The number of carbonyl (C=O) groups is 1. The fourth-order valence-corrected chi connectivity index (χ4v) is 2.83. The normalized spacial score (nSPS) is 12.4. The SMILES string of the molecule is CN(Cc1ccc(OC(F)(F)F)cc1)C(=O)C(c1ccccc1)n1cccn1. The summed E-state index contributed by atoms with van der Waals surface area (Å²) in [6, 6.07) is 15.8. The van der Waals surface area contributed by atoms with Crippen molar-refractivity contribution in [2.45, 2.75) is 18.9 Å². The van der Waals surface area contributed by atoms with Crippen molar-refractivity contribution in [1.29, 1.82) is 0 Å². The van der Waals surface area contributed by atoms with E-state index in [1.807, 2.05) is 30.3 Å². The summed E-state index contributed by atoms with van der Waals surface area (Å²) < 4.78 is 42.2. The summed E-state index contributed by atoms with van der Waals surface area (Å²) in [6.07, 6.45) is -1.42. The first kappa shape index (κ1) is 19.5. The summed E-state index contributed by atoms with van der Waals surface area (Å²) in [5.41, 5.74) is 1.47. The van der Waals surface area contributed by atoms with Crippen LogP contribution in [0.15, 0.2) is 73.1 Å². The van der Waals surface area contributed by atoms with Gasteiger partial charge in [-0.05, 0) is 29.3 Å². The Bertz CT molecular complexity index is 895. The van der Waals surface area contributed by atoms with Crippen molar-refractivity contribution >= 4 is 5.91 Å². The lowest BCUT2D eigenvalue weighted by Crippen LogP contribution is -2.35. The second kappa shape index (κ2) is 8.16. The van der Waals surface area contributed by atoms with Crippen molar-refractivity contribution in [2.75, 3.05) is 7.05 Å². The van der Waals surface area contributed by atoms with Crippen LogP contribution in [0.2, 0.25) is 0 Å². The molecule has 0 radical (unpaired) electrons. The van der Waals surface area contributed by atoms with E-state index < -0.39 is 12.4 Å². The van der Waals surface area contributed by atoms with Gasteiger partial charge in [-0.15, -0.1) is 13.2 Å². The van der Waals surface area contributed by atoms with Gasteiger partial charge < -0.3 is 9.64 Å². The molecule has 28 heavy (non-hydrogen) atoms. The quantitative estimate of drug-likeness (QED) is 0.640. The zero-order valence-electron chi connectivity index (χ0n) is 15.0. The Labute approximate surface area is 160 Å². The fourth-order valence-electron chi connectivity index (χ4n) is 2.83. The lowest BCUT2D eigenvalue weighted by atomic mass is 10.1. The number of halogens is 3. The number of likely N-dealkylation sites (N-methyl/N-ethyl adjacent to an activating group) is 1. The zero-order valence-corrected chi connectivity index (χ0v) is 15.0. The van der Waals surface area contributed by atoms with E-state index in [1.54, 1.807) is 30.2 Å². The van der Waals surface area contributed by atoms with Crippen LogP contribution in [-0.4, -0.2) is 34.0 Å². The van der Waals surface area contributed by atoms with E-state index in [2.05, 4.69) is 9.84 Å². The summed E-state index contributed by atoms with van der Waals surface area (Å²) in [5.74, 6) is -0.491. The standard InChI is InChI=1S/C20H18F3N3O2/c1-25(14-15-8-10-17(11-9-15)28-20(21,22)23)19(27)18(26-13-5-12-24-26)16-6-3-2-4-7-16/h2-13,18H,14H2,1H3. The molecule has 3 rings (SSSR count). The molecule has 8 heteroatoms. The maximum Gasteiger partial charge on any atom is 0.573 e. The number of benzene rings is 2. The Morgan fingerprint density at radius 2 is 1.79 bits per heavy atom. The number of hydrogen-bond donors (Lipinski definition) is 0. The van der Waals surface area contributed by atoms with Gasteiger partial charge in [0, 0.05) is 26.0 Å². The minimum Gasteiger partial charge on any atom is -0.406 e. The Hall–Kier alpha value is -3.29. The van der Waals surface area contributed by atoms with Crippen LogP contribution in [0.1, 0.15) is 17.2 Å². The summed E-state index contributed by atoms with van der Waals surface area (Å²) in [7, 11) is 1.64. The average Bonchev–Trinajstić information content (AvgIpc) is 3.17. The van der Waals surface area contributed by atoms with Crippen LogP contribution in [0.3, 0.4) is 0 Å². The smallest absolute Gasteiger partial charge is 0.406 e. The highest BCUT2D eigenvalue weighted by molar-refractivity contribution is 5.83. The van der Waals surface area contributed by atoms with E-state index in [0.717, 1.165) is 5.56 Å². The van der Waals surface area contributed by atoms with E-state index in [1.165, 1.54) is 29.2 Å². The molecular formula is C20H18F3N3O2. The molecule has 0 saturated carbocycles. The highest BCUT2D eigenvalue weighted by atomic mass is 19.4. The number of nitrogens with zero attached hydrogens (tertiary/aromatic N) is 3. The number of rotatable bonds is 6. The number of amides is 1. The largest absolute Gasteiger partial charge is 0.573 e. The molecule has 0 aliphatic rings. The maximum atomic E-state index is 13.1. The van der Waals surface area contributed by atoms with Gasteiger partial charge in [0.2, 0.25) is 0 Å². The van der Waals surface area contributed by atoms with Gasteiger partial charge in [-0.25, -0.2) is 0 Å². The number of aromatic nitrogens is 2. The number of hydrogen-bond acceptors (Lipinski definition) is 3. The molecule has 1 heterocycles. The summed E-state index contributed by atoms with van der Waals surface area (Å²) in [4.78, 5) is 14.6. The van der Waals surface area contributed by atoms with Crippen LogP contribution in [-0.2, 0) is 11.3 Å². The van der Waals surface area contributed by atoms with Gasteiger partial charge in [0.15, 0.2) is 6.04 Å². The monoisotopic (exact) mass is 389 g/mol. The van der Waals surface area contributed by atoms with Crippen molar-refractivity contribution < 1.29 is 22.7 Å². The minimum atomic E-state index is -4.74. The lowest BCUT2D eigenvalue weighted by Gasteiger charge is -2.24. The molecule has 0 fully saturated rings. The van der Waals surface area contributed by atoms with Crippen LogP contribution in [0.4, 0.5) is 13.2 Å². The molecular weight excluding hydrogens is 371 g/mol. The molecule has 1 aromatic heterocycles. The molecule has 1 atom stereocenters. The van der Waals surface area contributed by atoms with E-state index in [4.69, 9.17) is 0 Å². The Kier molecular flexibility index (Phi) is 5.67. The highest BCUT2D eigenvalue weighted by Gasteiger charge is 2.31. The topological polar surface area (TPSA) is 47.4 Å². The van der Waals surface area contributed by atoms with Crippen molar-refractivity contribution in [3.05, 3.63) is 84.2 Å². The van der Waals surface area contributed by atoms with Crippen LogP contribution >= 0.6 is 0 Å². The van der Waals surface area contributed by atoms with Crippen LogP contribution in [0.25, 0.3) is 0 Å². The molecule has 0 N–H and O–H groups in total. The molecule has 1 amide bonds. The third-order valence-electron chi connectivity index (χ3n) is 4.09. The van der Waals surface area contributed by atoms with Gasteiger partial charge in [0.1, 0.15) is 5.75 Å². The molecule has 0 aliphatic carbocycles. The van der Waals surface area contributed by atoms with Crippen molar-refractivity contribution in [3.8, 4) is 5.75 Å². The fraction of sp³-hybridized carbons (Fsp3) is 0.200. The summed E-state index contributed by atoms with van der Waals surface area (Å²) in [5, 5.41) is 4.20. The van der Waals surface area contributed by atoms with Gasteiger partial charge in [0.05, 0.1) is 0 Å². The van der Waals surface area contributed by atoms with Crippen molar-refractivity contribution in [2.24, 2.45) is 0 Å². The molecule has 0 bridgehead atoms. The molecule has 5 nitrogen and oxygen atoms in total. The summed E-state index contributed by atoms with van der Waals surface area (Å²) >= 11 is 0. The minimum absolute atomic E-state index is 0.189. The third kappa shape index (κ3) is 4.91. The molecule has 1 unspecified atom stereocenters. The molecule has 146 valence electrons. The first-order chi connectivity index (χ1) is 13.3. The highest BCUT2D eigenvalue weighted by Crippen LogP contribution is 2.24. The number of ether oxygens (including phenoxy) is 1. The molecule has 0 saturated heterocycles. The van der Waals surface area contributed by atoms with E-state index in [0.29, 0.717) is 5.56 Å². The zero-order chi connectivity index (χ0) is 20.1. The predicted molar refractivity (Wildman–Crippen MR) is 96.4 cm³/mol. The van der Waals surface area contributed by atoms with Crippen molar-refractivity contribution in [3.63, 3.8) is 0 Å². The van der Waals surface area contributed by atoms with E-state index in [9.17, 15) is 18.0 Å². The number of alkyl halides is 3. The van der Waals surface area contributed by atoms with Crippen molar-refractivity contribution in [1.82, 2.24) is 14.7 Å². The predicted octanol–water partition coefficient (Wildman–Crippen LogP) is 4.03. The van der Waals surface area contributed by atoms with Crippen LogP contribution < -0.4 is 4.74 Å². The van der Waals surface area contributed by atoms with E-state index in [-0.39, 0.29) is 18.2 Å². The lowest BCUT2D eigenvalue weighted by molar-refractivity contribution is -0.274. The molecule has 0 aliphatic heterocycles. The summed E-state index contributed by atoms with van der Waals surface area (Å²) in [6.45, 7) is 0.232. The average molecular weight is 389 g/mol. The Morgan fingerprint density at radius 3 is 2.36 bits per heavy atom. The van der Waals surface area contributed by atoms with Crippen LogP contribution in [0, 0.1) is 0 Å². The Balaban J connectivity index is 1.75. The van der Waals surface area contributed by atoms with E-state index >= 15 is 0 Å². The Morgan fingerprint density at radius 1 is 1.11 bits per heavy atom. The second-order valence-corrected chi connectivity index (χ2v) is 6.19. The number of carbonyl (C=O) groups excluding carboxylic acids is 1. The molecule has 2 aromatic carbocycles. The van der Waals surface area contributed by atoms with Gasteiger partial charge in [-0.2, -0.15) is 5.10 Å². The third-order valence-corrected chi connectivity index (χ3v) is 4.09. The van der Waals surface area contributed by atoms with Gasteiger partial charge in [0.25, 0.3) is 5.91 Å². The molecule has 0 spiro atoms. The first-order valence-corrected chi connectivity index (χ1v) is 8.47. The second-order valence-electron chi connectivity index (χ2n) is 6.19. The van der Waals surface area contributed by atoms with Gasteiger partial charge in [-0.1, -0.05) is 42.5 Å². The van der Waals surface area contributed by atoms with Gasteiger partial charge >= 0.3 is 6.36 Å². The molecule has 3 aromatic rings.